The molecule has 2 aliphatic rings. The highest BCUT2D eigenvalue weighted by molar-refractivity contribution is 6.07. The second-order valence-electron chi connectivity index (χ2n) is 15.4. The molecule has 9 atom stereocenters. The summed E-state index contributed by atoms with van der Waals surface area (Å²) >= 11 is 0. The number of fused-ring (bicyclic) bond motifs is 5. The van der Waals surface area contributed by atoms with Crippen molar-refractivity contribution in [3.05, 3.63) is 53.6 Å². The Bertz CT molecular complexity index is 1410. The van der Waals surface area contributed by atoms with E-state index in [-0.39, 0.29) is 25.6 Å². The van der Waals surface area contributed by atoms with Gasteiger partial charge < -0.3 is 19.3 Å². The fraction of sp³-hybridized carbons (Fsp3) is 0.641. The van der Waals surface area contributed by atoms with Gasteiger partial charge in [0.05, 0.1) is 24.9 Å². The third kappa shape index (κ3) is 8.77. The van der Waals surface area contributed by atoms with Crippen LogP contribution in [-0.2, 0) is 28.6 Å². The SMILES string of the molecule is CC[C@H]1OC(=O)[C@@](C)(F)C(=O)[C@H](C)[C@@H](C(C)(C)C)[C@@]2(C)C[C@@H](C)/C(=N\C(C)=O)[C@H](C)[C@@H](OC/C(=C\C=C\c3ccccc3)CO2)[C@]1(C)O. The van der Waals surface area contributed by atoms with Gasteiger partial charge in [-0.3, -0.25) is 9.59 Å². The number of ether oxygens (including phenoxy) is 3. The van der Waals surface area contributed by atoms with E-state index >= 15 is 4.39 Å². The van der Waals surface area contributed by atoms with Crippen LogP contribution in [0.2, 0.25) is 0 Å². The Morgan fingerprint density at radius 3 is 2.25 bits per heavy atom. The van der Waals surface area contributed by atoms with Crippen molar-refractivity contribution >= 4 is 29.4 Å². The number of hydrogen-bond acceptors (Lipinski definition) is 7. The molecule has 1 N–H and O–H groups in total. The van der Waals surface area contributed by atoms with Gasteiger partial charge in [0.25, 0.3) is 5.67 Å². The summed E-state index contributed by atoms with van der Waals surface area (Å²) < 4.78 is 35.6. The molecule has 0 unspecified atom stereocenters. The Morgan fingerprint density at radius 2 is 1.69 bits per heavy atom. The predicted octanol–water partition coefficient (Wildman–Crippen LogP) is 7.13. The minimum Gasteiger partial charge on any atom is -0.457 e. The van der Waals surface area contributed by atoms with Gasteiger partial charge in [0.15, 0.2) is 5.78 Å². The van der Waals surface area contributed by atoms with Crippen LogP contribution in [-0.4, -0.2) is 70.8 Å². The Balaban J connectivity index is 2.38. The third-order valence-corrected chi connectivity index (χ3v) is 10.1. The average molecular weight is 670 g/mol. The third-order valence-electron chi connectivity index (χ3n) is 10.1. The molecule has 2 fully saturated rings. The number of rotatable bonds is 3. The number of carbonyl (C=O) groups is 3. The number of cyclic esters (lactones) is 1. The maximum absolute atomic E-state index is 16.5. The number of esters is 1. The van der Waals surface area contributed by atoms with Crippen LogP contribution in [0, 0.1) is 29.1 Å². The van der Waals surface area contributed by atoms with Crippen molar-refractivity contribution in [1.82, 2.24) is 0 Å². The second-order valence-corrected chi connectivity index (χ2v) is 15.4. The standard InChI is InChI=1S/C39H56FNO7/c1-12-30-39(11,45)34-25(3)31(41-27(5)42)24(2)21-37(9,32(36(6,7)8)26(4)33(43)38(10,40)35(44)48-30)47-23-29(22-46-34)20-16-19-28-17-14-13-15-18-28/h13-20,24-26,30,32,34,45H,12,21-23H2,1-11H3/b19-16+,29-20+,41-31+/t24-,25+,26-,30-,32+,34-,37-,38+,39-/m1/s1. The van der Waals surface area contributed by atoms with E-state index in [9.17, 15) is 19.5 Å². The quantitative estimate of drug-likeness (QED) is 0.269. The van der Waals surface area contributed by atoms with Gasteiger partial charge in [-0.05, 0) is 56.1 Å². The van der Waals surface area contributed by atoms with Crippen molar-refractivity contribution in [3.63, 3.8) is 0 Å². The van der Waals surface area contributed by atoms with Gasteiger partial charge in [0, 0.05) is 30.4 Å². The Kier molecular flexibility index (Phi) is 12.5. The number of allylic oxidation sites excluding steroid dienone is 2. The maximum Gasteiger partial charge on any atom is 0.351 e. The van der Waals surface area contributed by atoms with Crippen LogP contribution in [0.4, 0.5) is 4.39 Å². The summed E-state index contributed by atoms with van der Waals surface area (Å²) in [4.78, 5) is 44.7. The van der Waals surface area contributed by atoms with E-state index in [1.165, 1.54) is 13.8 Å². The molecule has 2 saturated heterocycles. The first-order valence-electron chi connectivity index (χ1n) is 17.1. The van der Waals surface area contributed by atoms with Crippen LogP contribution < -0.4 is 0 Å². The Labute approximate surface area is 286 Å². The van der Waals surface area contributed by atoms with Crippen molar-refractivity contribution < 1.29 is 38.1 Å². The summed E-state index contributed by atoms with van der Waals surface area (Å²) in [6.07, 6.45) is 3.90. The van der Waals surface area contributed by atoms with Crippen molar-refractivity contribution in [2.24, 2.45) is 34.1 Å². The van der Waals surface area contributed by atoms with Crippen molar-refractivity contribution in [2.75, 3.05) is 13.2 Å². The predicted molar refractivity (Wildman–Crippen MR) is 186 cm³/mol. The fourth-order valence-corrected chi connectivity index (χ4v) is 8.17. The number of Topliss-reactive ketones (excluding diaryl/α,β-unsaturated/α-hetero) is 1. The molecule has 48 heavy (non-hydrogen) atoms. The number of halogens is 1. The lowest BCUT2D eigenvalue weighted by Crippen LogP contribution is -2.59. The van der Waals surface area contributed by atoms with E-state index in [0.29, 0.717) is 12.1 Å². The van der Waals surface area contributed by atoms with Crippen molar-refractivity contribution in [1.29, 1.82) is 0 Å². The molecule has 2 bridgehead atoms. The summed E-state index contributed by atoms with van der Waals surface area (Å²) in [5.74, 6) is -5.29. The lowest BCUT2D eigenvalue weighted by atomic mass is 9.60. The van der Waals surface area contributed by atoms with Crippen LogP contribution in [0.1, 0.15) is 94.6 Å². The lowest BCUT2D eigenvalue weighted by molar-refractivity contribution is -0.199. The van der Waals surface area contributed by atoms with Crippen LogP contribution in [0.25, 0.3) is 6.08 Å². The first kappa shape index (κ1) is 39.4. The zero-order valence-corrected chi connectivity index (χ0v) is 30.6. The van der Waals surface area contributed by atoms with Crippen LogP contribution >= 0.6 is 0 Å². The topological polar surface area (TPSA) is 111 Å². The molecule has 8 nitrogen and oxygen atoms in total. The molecule has 0 aliphatic carbocycles. The lowest BCUT2D eigenvalue weighted by Gasteiger charge is -2.49. The number of aliphatic imine (C=N–C) groups is 1. The molecule has 1 aromatic rings. The largest absolute Gasteiger partial charge is 0.457 e. The highest BCUT2D eigenvalue weighted by atomic mass is 19.1. The zero-order chi connectivity index (χ0) is 36.2. The van der Waals surface area contributed by atoms with Gasteiger partial charge in [-0.1, -0.05) is 97.0 Å². The molecule has 1 aromatic carbocycles. The molecule has 0 aromatic heterocycles. The van der Waals surface area contributed by atoms with E-state index < -0.39 is 69.9 Å². The summed E-state index contributed by atoms with van der Waals surface area (Å²) in [5.41, 5.74) is -4.29. The normalized spacial score (nSPS) is 37.9. The van der Waals surface area contributed by atoms with Crippen molar-refractivity contribution in [2.45, 2.75) is 118 Å². The summed E-state index contributed by atoms with van der Waals surface area (Å²) in [5, 5.41) is 12.2. The number of nitrogens with zero attached hydrogens (tertiary/aromatic N) is 1. The number of benzene rings is 1. The average Bonchev–Trinajstić information content (AvgIpc) is 3.00. The molecule has 0 radical (unpaired) electrons. The number of ketones is 1. The second kappa shape index (κ2) is 15.3. The van der Waals surface area contributed by atoms with E-state index in [2.05, 4.69) is 4.99 Å². The van der Waals surface area contributed by atoms with Crippen molar-refractivity contribution in [3.8, 4) is 0 Å². The first-order valence-corrected chi connectivity index (χ1v) is 17.1. The van der Waals surface area contributed by atoms with Gasteiger partial charge >= 0.3 is 5.97 Å². The first-order chi connectivity index (χ1) is 22.2. The van der Waals surface area contributed by atoms with E-state index in [1.54, 1.807) is 13.8 Å². The number of alkyl halides is 1. The van der Waals surface area contributed by atoms with Gasteiger partial charge in [-0.2, -0.15) is 0 Å². The summed E-state index contributed by atoms with van der Waals surface area (Å²) in [6, 6.07) is 9.83. The zero-order valence-electron chi connectivity index (χ0n) is 30.6. The van der Waals surface area contributed by atoms with Crippen LogP contribution in [0.3, 0.4) is 0 Å². The van der Waals surface area contributed by atoms with E-state index in [4.69, 9.17) is 14.2 Å². The molecule has 1 amide bonds. The van der Waals surface area contributed by atoms with Gasteiger partial charge in [0.1, 0.15) is 11.7 Å². The highest BCUT2D eigenvalue weighted by Crippen LogP contribution is 2.48. The number of aliphatic hydroxyl groups is 1. The summed E-state index contributed by atoms with van der Waals surface area (Å²) in [7, 11) is 0. The monoisotopic (exact) mass is 669 g/mol. The minimum atomic E-state index is -2.99. The molecule has 2 heterocycles. The molecular formula is C39H56FNO7. The van der Waals surface area contributed by atoms with Crippen LogP contribution in [0.5, 0.6) is 0 Å². The Morgan fingerprint density at radius 1 is 1.06 bits per heavy atom. The van der Waals surface area contributed by atoms with Crippen LogP contribution in [0.15, 0.2) is 53.0 Å². The highest BCUT2D eigenvalue weighted by Gasteiger charge is 2.56. The van der Waals surface area contributed by atoms with Gasteiger partial charge in [-0.25, -0.2) is 14.2 Å². The Hall–Kier alpha value is -3.01. The smallest absolute Gasteiger partial charge is 0.351 e. The van der Waals surface area contributed by atoms with E-state index in [1.807, 2.05) is 90.1 Å². The number of hydrogen-bond donors (Lipinski definition) is 1. The molecule has 3 rings (SSSR count). The summed E-state index contributed by atoms with van der Waals surface area (Å²) in [6.45, 7) is 18.9. The molecule has 2 aliphatic heterocycles. The fourth-order valence-electron chi connectivity index (χ4n) is 8.17. The number of amides is 1. The van der Waals surface area contributed by atoms with E-state index in [0.717, 1.165) is 18.1 Å². The minimum absolute atomic E-state index is 0.0297. The molecule has 0 saturated carbocycles. The van der Waals surface area contributed by atoms with Gasteiger partial charge in [0.2, 0.25) is 5.91 Å². The number of carbonyl (C=O) groups excluding carboxylic acids is 3. The maximum atomic E-state index is 16.5. The molecule has 9 heteroatoms. The molecule has 0 spiro atoms. The molecular weight excluding hydrogens is 613 g/mol. The van der Waals surface area contributed by atoms with Gasteiger partial charge in [-0.15, -0.1) is 0 Å². The molecule has 266 valence electrons.